The van der Waals surface area contributed by atoms with Gasteiger partial charge in [-0.1, -0.05) is 31.9 Å². The molecule has 4 heteroatoms. The molecule has 0 aliphatic heterocycles. The van der Waals surface area contributed by atoms with Gasteiger partial charge in [0.25, 0.3) is 0 Å². The zero-order valence-electron chi connectivity index (χ0n) is 13.5. The Morgan fingerprint density at radius 3 is 3.05 bits per heavy atom. The Morgan fingerprint density at radius 1 is 1.41 bits per heavy atom. The Bertz CT molecular complexity index is 476. The smallest absolute Gasteiger partial charge is 0.223 e. The number of carbonyl (C=O) groups excluding carboxylic acids is 1. The zero-order valence-corrected chi connectivity index (χ0v) is 13.5. The average Bonchev–Trinajstić information content (AvgIpc) is 2.53. The number of unbranched alkanes of at least 4 members (excludes halogenated alkanes) is 1. The number of carbonyl (C=O) groups is 1. The van der Waals surface area contributed by atoms with Gasteiger partial charge in [-0.3, -0.25) is 4.79 Å². The van der Waals surface area contributed by atoms with Gasteiger partial charge >= 0.3 is 0 Å². The third kappa shape index (κ3) is 5.34. The highest BCUT2D eigenvalue weighted by molar-refractivity contribution is 5.78. The van der Waals surface area contributed by atoms with E-state index in [2.05, 4.69) is 12.2 Å². The van der Waals surface area contributed by atoms with Crippen molar-refractivity contribution in [1.82, 2.24) is 5.32 Å². The van der Waals surface area contributed by atoms with Gasteiger partial charge in [-0.05, 0) is 43.4 Å². The number of benzene rings is 1. The summed E-state index contributed by atoms with van der Waals surface area (Å²) in [5, 5.41) is 3.03. The number of hydrogen-bond donors (Lipinski definition) is 2. The molecule has 0 saturated heterocycles. The Kier molecular flexibility index (Phi) is 6.72. The van der Waals surface area contributed by atoms with Crippen LogP contribution in [-0.2, 0) is 11.3 Å². The predicted octanol–water partition coefficient (Wildman–Crippen LogP) is 3.00. The van der Waals surface area contributed by atoms with Crippen molar-refractivity contribution >= 4 is 5.91 Å². The van der Waals surface area contributed by atoms with E-state index < -0.39 is 0 Å². The van der Waals surface area contributed by atoms with Gasteiger partial charge in [0, 0.05) is 18.5 Å². The fourth-order valence-electron chi connectivity index (χ4n) is 2.88. The lowest BCUT2D eigenvalue weighted by Crippen LogP contribution is -2.37. The number of hydrogen-bond acceptors (Lipinski definition) is 3. The maximum Gasteiger partial charge on any atom is 0.223 e. The Balaban J connectivity index is 1.80. The van der Waals surface area contributed by atoms with Crippen molar-refractivity contribution in [2.75, 3.05) is 6.61 Å². The fourth-order valence-corrected chi connectivity index (χ4v) is 2.88. The first-order valence-corrected chi connectivity index (χ1v) is 8.44. The summed E-state index contributed by atoms with van der Waals surface area (Å²) in [5.74, 6) is 1.08. The van der Waals surface area contributed by atoms with E-state index in [0.29, 0.717) is 6.54 Å². The highest BCUT2D eigenvalue weighted by Gasteiger charge is 2.24. The van der Waals surface area contributed by atoms with E-state index in [1.165, 1.54) is 0 Å². The molecular weight excluding hydrogens is 276 g/mol. The summed E-state index contributed by atoms with van der Waals surface area (Å²) in [5.41, 5.74) is 7.02. The molecule has 1 saturated carbocycles. The molecule has 2 rings (SSSR count). The molecule has 2 unspecified atom stereocenters. The second-order valence-corrected chi connectivity index (χ2v) is 6.19. The third-order valence-electron chi connectivity index (χ3n) is 4.22. The van der Waals surface area contributed by atoms with Crippen LogP contribution in [0.25, 0.3) is 0 Å². The second kappa shape index (κ2) is 8.79. The summed E-state index contributed by atoms with van der Waals surface area (Å²) in [7, 11) is 0. The Hall–Kier alpha value is -1.55. The topological polar surface area (TPSA) is 64.3 Å². The van der Waals surface area contributed by atoms with Crippen LogP contribution in [0.4, 0.5) is 0 Å². The minimum Gasteiger partial charge on any atom is -0.494 e. The Labute approximate surface area is 133 Å². The van der Waals surface area contributed by atoms with Crippen LogP contribution in [0.15, 0.2) is 24.3 Å². The van der Waals surface area contributed by atoms with Crippen molar-refractivity contribution in [3.8, 4) is 5.75 Å². The van der Waals surface area contributed by atoms with Crippen LogP contribution in [-0.4, -0.2) is 18.6 Å². The third-order valence-corrected chi connectivity index (χ3v) is 4.22. The van der Waals surface area contributed by atoms with Gasteiger partial charge in [0.15, 0.2) is 0 Å². The van der Waals surface area contributed by atoms with Gasteiger partial charge in [0.1, 0.15) is 5.75 Å². The molecule has 4 nitrogen and oxygen atoms in total. The molecule has 0 spiro atoms. The van der Waals surface area contributed by atoms with Crippen LogP contribution in [0.5, 0.6) is 5.75 Å². The minimum absolute atomic E-state index is 0.0766. The van der Waals surface area contributed by atoms with Crippen molar-refractivity contribution in [1.29, 1.82) is 0 Å². The molecule has 1 aliphatic carbocycles. The largest absolute Gasteiger partial charge is 0.494 e. The van der Waals surface area contributed by atoms with Crippen LogP contribution < -0.4 is 15.8 Å². The van der Waals surface area contributed by atoms with Gasteiger partial charge < -0.3 is 15.8 Å². The molecule has 22 heavy (non-hydrogen) atoms. The van der Waals surface area contributed by atoms with E-state index in [4.69, 9.17) is 10.5 Å². The van der Waals surface area contributed by atoms with Crippen molar-refractivity contribution < 1.29 is 9.53 Å². The minimum atomic E-state index is 0.0766. The average molecular weight is 304 g/mol. The van der Waals surface area contributed by atoms with Crippen LogP contribution in [0.1, 0.15) is 51.0 Å². The lowest BCUT2D eigenvalue weighted by molar-refractivity contribution is -0.126. The summed E-state index contributed by atoms with van der Waals surface area (Å²) in [6.07, 6.45) is 6.05. The van der Waals surface area contributed by atoms with Crippen molar-refractivity contribution in [3.05, 3.63) is 29.8 Å². The first kappa shape index (κ1) is 16.8. The molecule has 0 aromatic heterocycles. The predicted molar refractivity (Wildman–Crippen MR) is 88.6 cm³/mol. The van der Waals surface area contributed by atoms with Gasteiger partial charge in [0.2, 0.25) is 5.91 Å². The summed E-state index contributed by atoms with van der Waals surface area (Å²) < 4.78 is 5.70. The van der Waals surface area contributed by atoms with Crippen LogP contribution in [0.3, 0.4) is 0 Å². The number of nitrogens with one attached hydrogen (secondary N) is 1. The summed E-state index contributed by atoms with van der Waals surface area (Å²) in [6.45, 7) is 3.44. The monoisotopic (exact) mass is 304 g/mol. The van der Waals surface area contributed by atoms with E-state index in [9.17, 15) is 4.79 Å². The SMILES string of the molecule is CCCCOc1cccc(CNC(=O)C2CCCC(N)C2)c1. The highest BCUT2D eigenvalue weighted by Crippen LogP contribution is 2.23. The molecule has 0 heterocycles. The number of amides is 1. The molecule has 0 bridgehead atoms. The van der Waals surface area contributed by atoms with Crippen molar-refractivity contribution in [2.45, 2.75) is 58.0 Å². The molecule has 1 aliphatic rings. The van der Waals surface area contributed by atoms with E-state index in [-0.39, 0.29) is 17.9 Å². The van der Waals surface area contributed by atoms with Crippen molar-refractivity contribution in [3.63, 3.8) is 0 Å². The lowest BCUT2D eigenvalue weighted by Gasteiger charge is -2.25. The number of rotatable bonds is 7. The maximum absolute atomic E-state index is 12.2. The van der Waals surface area contributed by atoms with Gasteiger partial charge in [-0.25, -0.2) is 0 Å². The van der Waals surface area contributed by atoms with Gasteiger partial charge in [0.05, 0.1) is 6.61 Å². The summed E-state index contributed by atoms with van der Waals surface area (Å²) >= 11 is 0. The van der Waals surface area contributed by atoms with Gasteiger partial charge in [-0.2, -0.15) is 0 Å². The van der Waals surface area contributed by atoms with E-state index >= 15 is 0 Å². The fraction of sp³-hybridized carbons (Fsp3) is 0.611. The first-order chi connectivity index (χ1) is 10.7. The van der Waals surface area contributed by atoms with E-state index in [1.54, 1.807) is 0 Å². The molecule has 3 N–H and O–H groups in total. The van der Waals surface area contributed by atoms with Crippen LogP contribution in [0, 0.1) is 5.92 Å². The molecule has 122 valence electrons. The van der Waals surface area contributed by atoms with Crippen LogP contribution in [0.2, 0.25) is 0 Å². The van der Waals surface area contributed by atoms with Gasteiger partial charge in [-0.15, -0.1) is 0 Å². The molecule has 1 fully saturated rings. The molecule has 1 aromatic carbocycles. The lowest BCUT2D eigenvalue weighted by atomic mass is 9.85. The van der Waals surface area contributed by atoms with Crippen molar-refractivity contribution in [2.24, 2.45) is 11.7 Å². The Morgan fingerprint density at radius 2 is 2.27 bits per heavy atom. The second-order valence-electron chi connectivity index (χ2n) is 6.19. The molecule has 1 amide bonds. The highest BCUT2D eigenvalue weighted by atomic mass is 16.5. The molecule has 0 radical (unpaired) electrons. The quantitative estimate of drug-likeness (QED) is 0.761. The maximum atomic E-state index is 12.2. The summed E-state index contributed by atoms with van der Waals surface area (Å²) in [4.78, 5) is 12.2. The first-order valence-electron chi connectivity index (χ1n) is 8.44. The zero-order chi connectivity index (χ0) is 15.8. The van der Waals surface area contributed by atoms with E-state index in [0.717, 1.165) is 56.4 Å². The number of nitrogens with two attached hydrogens (primary N) is 1. The molecular formula is C18H28N2O2. The standard InChI is InChI=1S/C18H28N2O2/c1-2-3-10-22-17-9-4-6-14(11-17)13-20-18(21)15-7-5-8-16(19)12-15/h4,6,9,11,15-16H,2-3,5,7-8,10,12-13,19H2,1H3,(H,20,21). The number of ether oxygens (including phenoxy) is 1. The summed E-state index contributed by atoms with van der Waals surface area (Å²) in [6, 6.07) is 8.13. The normalized spacial score (nSPS) is 21.4. The van der Waals surface area contributed by atoms with E-state index in [1.807, 2.05) is 24.3 Å². The molecule has 2 atom stereocenters. The molecule has 1 aromatic rings. The van der Waals surface area contributed by atoms with Crippen LogP contribution >= 0.6 is 0 Å².